The van der Waals surface area contributed by atoms with Gasteiger partial charge in [0.25, 0.3) is 0 Å². The highest BCUT2D eigenvalue weighted by Gasteiger charge is 2.08. The van der Waals surface area contributed by atoms with Gasteiger partial charge in [-0.2, -0.15) is 0 Å². The van der Waals surface area contributed by atoms with Crippen LogP contribution in [-0.2, 0) is 16.0 Å². The van der Waals surface area contributed by atoms with Gasteiger partial charge in [-0.1, -0.05) is 6.07 Å². The van der Waals surface area contributed by atoms with Crippen LogP contribution in [0.2, 0.25) is 0 Å². The van der Waals surface area contributed by atoms with E-state index in [0.717, 1.165) is 12.0 Å². The molecule has 1 unspecified atom stereocenters. The minimum absolute atomic E-state index is 0.0962. The third kappa shape index (κ3) is 4.96. The summed E-state index contributed by atoms with van der Waals surface area (Å²) in [6.07, 6.45) is 1.65. The number of hydrogen-bond acceptors (Lipinski definition) is 2. The van der Waals surface area contributed by atoms with Crippen LogP contribution in [0, 0.1) is 5.82 Å². The van der Waals surface area contributed by atoms with Gasteiger partial charge >= 0.3 is 0 Å². The lowest BCUT2D eigenvalue weighted by Crippen LogP contribution is -2.10. The highest BCUT2D eigenvalue weighted by Crippen LogP contribution is 2.17. The number of ether oxygens (including phenoxy) is 1. The maximum Gasteiger partial charge on any atom is 0.137 e. The van der Waals surface area contributed by atoms with Crippen molar-refractivity contribution in [2.45, 2.75) is 32.3 Å². The number of carbonyl (C=O) groups excluding carboxylic acids is 1. The van der Waals surface area contributed by atoms with E-state index < -0.39 is 0 Å². The van der Waals surface area contributed by atoms with Crippen LogP contribution >= 0.6 is 15.9 Å². The van der Waals surface area contributed by atoms with Crippen LogP contribution < -0.4 is 0 Å². The zero-order chi connectivity index (χ0) is 12.8. The van der Waals surface area contributed by atoms with Gasteiger partial charge in [0.2, 0.25) is 0 Å². The van der Waals surface area contributed by atoms with Crippen molar-refractivity contribution in [3.8, 4) is 0 Å². The molecule has 0 saturated heterocycles. The molecule has 1 aromatic rings. The van der Waals surface area contributed by atoms with Crippen molar-refractivity contribution in [2.75, 3.05) is 7.11 Å². The second kappa shape index (κ2) is 6.87. The van der Waals surface area contributed by atoms with Crippen LogP contribution in [0.15, 0.2) is 22.7 Å². The molecule has 94 valence electrons. The fraction of sp³-hybridized carbons (Fsp3) is 0.462. The van der Waals surface area contributed by atoms with Gasteiger partial charge in [-0.05, 0) is 47.0 Å². The Bertz CT molecular complexity index is 393. The Morgan fingerprint density at radius 3 is 2.82 bits per heavy atom. The molecule has 0 radical (unpaired) electrons. The molecule has 0 N–H and O–H groups in total. The van der Waals surface area contributed by atoms with Crippen molar-refractivity contribution in [1.82, 2.24) is 0 Å². The van der Waals surface area contributed by atoms with Gasteiger partial charge < -0.3 is 4.74 Å². The van der Waals surface area contributed by atoms with Gasteiger partial charge in [-0.3, -0.25) is 4.79 Å². The molecule has 4 heteroatoms. The van der Waals surface area contributed by atoms with Crippen molar-refractivity contribution in [3.05, 3.63) is 34.1 Å². The molecule has 0 spiro atoms. The summed E-state index contributed by atoms with van der Waals surface area (Å²) >= 11 is 3.10. The van der Waals surface area contributed by atoms with E-state index in [2.05, 4.69) is 15.9 Å². The summed E-state index contributed by atoms with van der Waals surface area (Å²) < 4.78 is 18.5. The first kappa shape index (κ1) is 14.3. The number of benzene rings is 1. The lowest BCUT2D eigenvalue weighted by molar-refractivity contribution is -0.119. The van der Waals surface area contributed by atoms with Gasteiger partial charge in [0.1, 0.15) is 11.6 Å². The van der Waals surface area contributed by atoms with Crippen molar-refractivity contribution in [2.24, 2.45) is 0 Å². The van der Waals surface area contributed by atoms with Crippen LogP contribution in [-0.4, -0.2) is 19.0 Å². The molecule has 1 atom stereocenters. The maximum atomic E-state index is 13.0. The van der Waals surface area contributed by atoms with Crippen molar-refractivity contribution < 1.29 is 13.9 Å². The van der Waals surface area contributed by atoms with E-state index in [1.165, 1.54) is 6.07 Å². The third-order valence-corrected chi connectivity index (χ3v) is 3.23. The lowest BCUT2D eigenvalue weighted by Gasteiger charge is -2.08. The number of rotatable bonds is 6. The Morgan fingerprint density at radius 1 is 1.53 bits per heavy atom. The standard InChI is InChI=1S/C13H16BrFO2/c1-9(17-2)3-5-11(16)7-10-4-6-13(15)12(14)8-10/h4,6,8-9H,3,5,7H2,1-2H3. The fourth-order valence-electron chi connectivity index (χ4n) is 1.45. The van der Waals surface area contributed by atoms with E-state index in [4.69, 9.17) is 4.74 Å². The average molecular weight is 303 g/mol. The molecule has 0 aliphatic rings. The molecule has 0 heterocycles. The van der Waals surface area contributed by atoms with Crippen LogP contribution in [0.25, 0.3) is 0 Å². The Labute approximate surface area is 109 Å². The predicted octanol–water partition coefficient (Wildman–Crippen LogP) is 3.51. The van der Waals surface area contributed by atoms with Crippen LogP contribution in [0.5, 0.6) is 0 Å². The Balaban J connectivity index is 2.48. The molecular weight excluding hydrogens is 287 g/mol. The maximum absolute atomic E-state index is 13.0. The van der Waals surface area contributed by atoms with Gasteiger partial charge in [-0.15, -0.1) is 0 Å². The topological polar surface area (TPSA) is 26.3 Å². The first-order valence-electron chi connectivity index (χ1n) is 5.51. The number of ketones is 1. The summed E-state index contributed by atoms with van der Waals surface area (Å²) in [6.45, 7) is 1.93. The normalized spacial score (nSPS) is 12.5. The quantitative estimate of drug-likeness (QED) is 0.804. The first-order chi connectivity index (χ1) is 8.02. The Kier molecular flexibility index (Phi) is 5.78. The van der Waals surface area contributed by atoms with Crippen LogP contribution in [0.1, 0.15) is 25.3 Å². The predicted molar refractivity (Wildman–Crippen MR) is 68.5 cm³/mol. The van der Waals surface area contributed by atoms with Crippen molar-refractivity contribution in [3.63, 3.8) is 0 Å². The molecule has 2 nitrogen and oxygen atoms in total. The van der Waals surface area contributed by atoms with E-state index in [1.54, 1.807) is 19.2 Å². The number of hydrogen-bond donors (Lipinski definition) is 0. The summed E-state index contributed by atoms with van der Waals surface area (Å²) in [5.41, 5.74) is 0.827. The molecule has 1 rings (SSSR count). The molecule has 0 bridgehead atoms. The molecule has 0 aliphatic heterocycles. The lowest BCUT2D eigenvalue weighted by atomic mass is 10.0. The van der Waals surface area contributed by atoms with Crippen LogP contribution in [0.4, 0.5) is 4.39 Å². The Morgan fingerprint density at radius 2 is 2.24 bits per heavy atom. The average Bonchev–Trinajstić information content (AvgIpc) is 2.31. The van der Waals surface area contributed by atoms with Gasteiger partial charge in [0.05, 0.1) is 10.6 Å². The fourth-order valence-corrected chi connectivity index (χ4v) is 1.87. The molecule has 17 heavy (non-hydrogen) atoms. The van der Waals surface area contributed by atoms with Crippen molar-refractivity contribution >= 4 is 21.7 Å². The SMILES string of the molecule is COC(C)CCC(=O)Cc1ccc(F)c(Br)c1. The summed E-state index contributed by atoms with van der Waals surface area (Å²) in [7, 11) is 1.63. The number of methoxy groups -OCH3 is 1. The molecule has 0 saturated carbocycles. The molecule has 1 aromatic carbocycles. The molecule has 0 aromatic heterocycles. The summed E-state index contributed by atoms with van der Waals surface area (Å²) in [5.74, 6) is -0.165. The molecule has 0 fully saturated rings. The third-order valence-electron chi connectivity index (χ3n) is 2.62. The highest BCUT2D eigenvalue weighted by atomic mass is 79.9. The smallest absolute Gasteiger partial charge is 0.137 e. The minimum Gasteiger partial charge on any atom is -0.382 e. The first-order valence-corrected chi connectivity index (χ1v) is 6.30. The zero-order valence-electron chi connectivity index (χ0n) is 10.0. The number of carbonyl (C=O) groups is 1. The van der Waals surface area contributed by atoms with E-state index in [9.17, 15) is 9.18 Å². The van der Waals surface area contributed by atoms with E-state index in [-0.39, 0.29) is 17.7 Å². The molecule has 0 amide bonds. The Hall–Kier alpha value is -0.740. The van der Waals surface area contributed by atoms with Gasteiger partial charge in [0, 0.05) is 20.0 Å². The second-order valence-electron chi connectivity index (χ2n) is 4.05. The van der Waals surface area contributed by atoms with E-state index in [0.29, 0.717) is 17.3 Å². The molecule has 0 aliphatic carbocycles. The number of Topliss-reactive ketones (excluding diaryl/α,β-unsaturated/α-hetero) is 1. The summed E-state index contributed by atoms with van der Waals surface area (Å²) in [6, 6.07) is 4.65. The van der Waals surface area contributed by atoms with Crippen molar-refractivity contribution in [1.29, 1.82) is 0 Å². The van der Waals surface area contributed by atoms with Gasteiger partial charge in [-0.25, -0.2) is 4.39 Å². The summed E-state index contributed by atoms with van der Waals surface area (Å²) in [5, 5.41) is 0. The highest BCUT2D eigenvalue weighted by molar-refractivity contribution is 9.10. The monoisotopic (exact) mass is 302 g/mol. The second-order valence-corrected chi connectivity index (χ2v) is 4.90. The van der Waals surface area contributed by atoms with E-state index in [1.807, 2.05) is 6.92 Å². The van der Waals surface area contributed by atoms with E-state index >= 15 is 0 Å². The van der Waals surface area contributed by atoms with Crippen LogP contribution in [0.3, 0.4) is 0 Å². The number of halogens is 2. The minimum atomic E-state index is -0.311. The zero-order valence-corrected chi connectivity index (χ0v) is 11.6. The molecular formula is C13H16BrFO2. The largest absolute Gasteiger partial charge is 0.382 e. The summed E-state index contributed by atoms with van der Waals surface area (Å²) in [4.78, 5) is 11.7. The van der Waals surface area contributed by atoms with Gasteiger partial charge in [0.15, 0.2) is 0 Å².